The van der Waals surface area contributed by atoms with Crippen molar-refractivity contribution in [3.63, 3.8) is 0 Å². The molecule has 12 heteroatoms. The van der Waals surface area contributed by atoms with E-state index in [0.29, 0.717) is 64.8 Å². The Kier molecular flexibility index (Phi) is 9.99. The molecule has 0 unspecified atom stereocenters. The molecule has 5 aromatic rings. The molecule has 4 heterocycles. The van der Waals surface area contributed by atoms with E-state index in [1.165, 1.54) is 0 Å². The molecule has 1 N–H and O–H groups in total. The number of nitrogens with zero attached hydrogens (tertiary/aromatic N) is 6. The zero-order valence-corrected chi connectivity index (χ0v) is 32.1. The number of likely N-dealkylation sites (tertiary alicyclic amines) is 1. The van der Waals surface area contributed by atoms with E-state index < -0.39 is 20.0 Å². The molecule has 2 aliphatic heterocycles. The van der Waals surface area contributed by atoms with E-state index in [1.54, 1.807) is 15.9 Å². The molecule has 10 nitrogen and oxygen atoms in total. The summed E-state index contributed by atoms with van der Waals surface area (Å²) in [6.45, 7) is 14.1. The zero-order valence-electron chi connectivity index (χ0n) is 31.1. The van der Waals surface area contributed by atoms with Crippen LogP contribution in [0.25, 0.3) is 33.5 Å². The van der Waals surface area contributed by atoms with Crippen molar-refractivity contribution in [2.45, 2.75) is 84.9 Å². The number of benzene rings is 3. The molecule has 0 saturated carbocycles. The number of rotatable bonds is 11. The van der Waals surface area contributed by atoms with E-state index in [1.807, 2.05) is 48.1 Å². The Hall–Kier alpha value is -4.52. The van der Waals surface area contributed by atoms with Gasteiger partial charge in [-0.1, -0.05) is 63.0 Å². The van der Waals surface area contributed by atoms with E-state index in [-0.39, 0.29) is 11.8 Å². The molecule has 1 atom stereocenters. The lowest BCUT2D eigenvalue weighted by Crippen LogP contribution is -2.39. The molecule has 2 aromatic heterocycles. The smallest absolute Gasteiger partial charge is 0.320 e. The topological polar surface area (TPSA) is 97.9 Å². The van der Waals surface area contributed by atoms with Crippen molar-refractivity contribution < 1.29 is 23.8 Å². The average Bonchev–Trinajstić information content (AvgIpc) is 3.89. The first-order chi connectivity index (χ1) is 24.9. The largest absolute Gasteiger partial charge is 0.486 e. The van der Waals surface area contributed by atoms with Crippen molar-refractivity contribution in [1.29, 1.82) is 0 Å². The van der Waals surface area contributed by atoms with Crippen LogP contribution in [0.15, 0.2) is 54.6 Å². The summed E-state index contributed by atoms with van der Waals surface area (Å²) in [5.41, 5.74) is 8.15. The van der Waals surface area contributed by atoms with Crippen molar-refractivity contribution in [3.05, 3.63) is 88.5 Å². The predicted molar refractivity (Wildman–Crippen MR) is 203 cm³/mol. The molecular weight excluding hydrogens is 676 g/mol. The molecule has 2 amide bonds. The van der Waals surface area contributed by atoms with Gasteiger partial charge >= 0.3 is 6.03 Å². The number of aliphatic hydroxyl groups is 1. The van der Waals surface area contributed by atoms with Crippen LogP contribution < -0.4 is 4.74 Å². The molecule has 52 heavy (non-hydrogen) atoms. The van der Waals surface area contributed by atoms with Crippen LogP contribution in [0.2, 0.25) is 25.7 Å². The second kappa shape index (κ2) is 14.5. The molecule has 1 fully saturated rings. The summed E-state index contributed by atoms with van der Waals surface area (Å²) in [4.78, 5) is 22.0. The number of fused-ring (bicyclic) bond motifs is 2. The molecular formula is C40H49FN6O4Si. The average molecular weight is 725 g/mol. The number of imidazole rings is 1. The number of aryl methyl sites for hydroxylation is 3. The summed E-state index contributed by atoms with van der Waals surface area (Å²) in [5.74, 6) is 0.560. The Morgan fingerprint density at radius 1 is 1.08 bits per heavy atom. The van der Waals surface area contributed by atoms with Gasteiger partial charge < -0.3 is 28.9 Å². The lowest BCUT2D eigenvalue weighted by molar-refractivity contribution is 0.0852. The van der Waals surface area contributed by atoms with Gasteiger partial charge in [-0.15, -0.1) is 0 Å². The second-order valence-corrected chi connectivity index (χ2v) is 21.0. The second-order valence-electron chi connectivity index (χ2n) is 15.4. The van der Waals surface area contributed by atoms with Crippen LogP contribution in [0.5, 0.6) is 5.75 Å². The van der Waals surface area contributed by atoms with Gasteiger partial charge in [-0.05, 0) is 71.8 Å². The van der Waals surface area contributed by atoms with Gasteiger partial charge in [0.05, 0.1) is 36.1 Å². The first-order valence-electron chi connectivity index (χ1n) is 18.3. The van der Waals surface area contributed by atoms with Gasteiger partial charge in [0.2, 0.25) is 0 Å². The van der Waals surface area contributed by atoms with Crippen LogP contribution >= 0.6 is 0 Å². The lowest BCUT2D eigenvalue weighted by Gasteiger charge is -2.24. The van der Waals surface area contributed by atoms with Gasteiger partial charge in [0, 0.05) is 40.2 Å². The minimum absolute atomic E-state index is 0.0763. The Balaban J connectivity index is 1.22. The monoisotopic (exact) mass is 724 g/mol. The third kappa shape index (κ3) is 7.24. The number of carbonyl (C=O) groups is 1. The first-order valence-corrected chi connectivity index (χ1v) is 22.0. The molecule has 274 valence electrons. The van der Waals surface area contributed by atoms with Gasteiger partial charge in [-0.2, -0.15) is 5.10 Å². The van der Waals surface area contributed by atoms with Gasteiger partial charge in [-0.25, -0.2) is 14.2 Å². The van der Waals surface area contributed by atoms with Gasteiger partial charge in [0.15, 0.2) is 17.4 Å². The Morgan fingerprint density at radius 3 is 2.58 bits per heavy atom. The Morgan fingerprint density at radius 2 is 1.87 bits per heavy atom. The van der Waals surface area contributed by atoms with Crippen LogP contribution in [-0.4, -0.2) is 74.1 Å². The number of urea groups is 1. The number of aromatic nitrogens is 4. The minimum Gasteiger partial charge on any atom is -0.486 e. The number of amides is 2. The van der Waals surface area contributed by atoms with Crippen molar-refractivity contribution in [1.82, 2.24) is 29.1 Å². The number of carbonyl (C=O) groups excluding carboxylic acids is 1. The molecule has 0 spiro atoms. The van der Waals surface area contributed by atoms with Gasteiger partial charge in [0.1, 0.15) is 19.0 Å². The highest BCUT2D eigenvalue weighted by Crippen LogP contribution is 2.38. The summed E-state index contributed by atoms with van der Waals surface area (Å²) < 4.78 is 31.7. The van der Waals surface area contributed by atoms with Gasteiger partial charge in [-0.3, -0.25) is 4.68 Å². The number of halogens is 1. The van der Waals surface area contributed by atoms with Crippen LogP contribution in [-0.2, 0) is 44.6 Å². The highest BCUT2D eigenvalue weighted by Gasteiger charge is 2.36. The molecule has 1 saturated heterocycles. The summed E-state index contributed by atoms with van der Waals surface area (Å²) in [6, 6.07) is 18.3. The number of β-amino-alcohol motifs (C(OH)–C–C–N with tert-alkyl or cyclic N) is 1. The van der Waals surface area contributed by atoms with E-state index >= 15 is 4.39 Å². The quantitative estimate of drug-likeness (QED) is 0.112. The molecule has 2 aliphatic rings. The zero-order chi connectivity index (χ0) is 36.7. The summed E-state index contributed by atoms with van der Waals surface area (Å²) in [7, 11) is 0.619. The standard InChI is InChI=1S/C40H49FN6O4Si/c1-7-28-19-36(51-24-27-11-9-8-10-12-27)32(41)20-31(28)29-17-26(2)37-34(18-29)44(3)43-38(37)39-42-33-22-46(40(49)45-14-13-30(48)21-45)23-35(33)47(39)25-50-15-16-52(4,5)6/h8-12,17-20,30,48H,7,13-16,21-25H2,1-6H3/t30-/m0/s1. The van der Waals surface area contributed by atoms with Crippen molar-refractivity contribution in [2.24, 2.45) is 7.05 Å². The Bertz CT molecular complexity index is 2110. The third-order valence-corrected chi connectivity index (χ3v) is 11.9. The fraction of sp³-hybridized carbons (Fsp3) is 0.425. The highest BCUT2D eigenvalue weighted by molar-refractivity contribution is 6.76. The summed E-state index contributed by atoms with van der Waals surface area (Å²) in [5, 5.41) is 16.0. The van der Waals surface area contributed by atoms with Crippen LogP contribution in [0, 0.1) is 12.7 Å². The van der Waals surface area contributed by atoms with E-state index in [2.05, 4.69) is 50.2 Å². The number of hydrogen-bond donors (Lipinski definition) is 1. The van der Waals surface area contributed by atoms with Crippen LogP contribution in [0.1, 0.15) is 41.4 Å². The maximum atomic E-state index is 15.6. The predicted octanol–water partition coefficient (Wildman–Crippen LogP) is 7.51. The number of aliphatic hydroxyl groups excluding tert-OH is 1. The maximum Gasteiger partial charge on any atom is 0.320 e. The minimum atomic E-state index is -1.31. The molecule has 0 radical (unpaired) electrons. The van der Waals surface area contributed by atoms with Crippen molar-refractivity contribution >= 4 is 25.0 Å². The lowest BCUT2D eigenvalue weighted by atomic mass is 9.94. The van der Waals surface area contributed by atoms with Crippen LogP contribution in [0.4, 0.5) is 9.18 Å². The number of ether oxygens (including phenoxy) is 2. The fourth-order valence-corrected chi connectivity index (χ4v) is 8.02. The van der Waals surface area contributed by atoms with Gasteiger partial charge in [0.25, 0.3) is 0 Å². The molecule has 7 rings (SSSR count). The third-order valence-electron chi connectivity index (χ3n) is 10.2. The number of hydrogen-bond acceptors (Lipinski definition) is 6. The van der Waals surface area contributed by atoms with Crippen molar-refractivity contribution in [3.8, 4) is 28.4 Å². The van der Waals surface area contributed by atoms with E-state index in [0.717, 1.165) is 61.8 Å². The van der Waals surface area contributed by atoms with E-state index in [9.17, 15) is 9.90 Å². The SMILES string of the molecule is CCc1cc(OCc2ccccc2)c(F)cc1-c1cc(C)c2c(-c3nc4c(n3COCC[Si](C)(C)C)CN(C(=O)N3CC[C@H](O)C3)C4)nn(C)c2c1. The first kappa shape index (κ1) is 35.9. The summed E-state index contributed by atoms with van der Waals surface area (Å²) in [6.07, 6.45) is 0.839. The van der Waals surface area contributed by atoms with Crippen molar-refractivity contribution in [2.75, 3.05) is 19.7 Å². The highest BCUT2D eigenvalue weighted by atomic mass is 28.3. The summed E-state index contributed by atoms with van der Waals surface area (Å²) >= 11 is 0. The molecule has 0 bridgehead atoms. The fourth-order valence-electron chi connectivity index (χ4n) is 7.26. The normalized spacial score (nSPS) is 16.0. The van der Waals surface area contributed by atoms with E-state index in [4.69, 9.17) is 19.6 Å². The maximum absolute atomic E-state index is 15.6. The Labute approximate surface area is 305 Å². The molecule has 3 aromatic carbocycles. The van der Waals surface area contributed by atoms with Crippen LogP contribution in [0.3, 0.4) is 0 Å². The molecule has 0 aliphatic carbocycles.